The zero-order chi connectivity index (χ0) is 14.0. The van der Waals surface area contributed by atoms with Gasteiger partial charge < -0.3 is 9.88 Å². The first-order chi connectivity index (χ1) is 9.02. The van der Waals surface area contributed by atoms with E-state index in [1.165, 1.54) is 0 Å². The zero-order valence-electron chi connectivity index (χ0n) is 10.8. The summed E-state index contributed by atoms with van der Waals surface area (Å²) >= 11 is 9.60. The number of rotatable bonds is 4. The Hall–Kier alpha value is -1.07. The molecule has 102 valence electrons. The lowest BCUT2D eigenvalue weighted by Crippen LogP contribution is -2.20. The van der Waals surface area contributed by atoms with E-state index in [1.54, 1.807) is 7.05 Å². The molecule has 1 atom stereocenters. The molecule has 0 radical (unpaired) electrons. The zero-order valence-corrected chi connectivity index (χ0v) is 13.1. The predicted octanol–water partition coefficient (Wildman–Crippen LogP) is 3.23. The van der Waals surface area contributed by atoms with Gasteiger partial charge in [-0.3, -0.25) is 4.79 Å². The number of aryl methyl sites for hydroxylation is 1. The largest absolute Gasteiger partial charge is 0.359 e. The molecule has 0 saturated heterocycles. The Morgan fingerprint density at radius 1 is 1.58 bits per heavy atom. The Balaban J connectivity index is 2.43. The van der Waals surface area contributed by atoms with Gasteiger partial charge in [0.1, 0.15) is 5.82 Å². The van der Waals surface area contributed by atoms with Gasteiger partial charge in [-0.2, -0.15) is 0 Å². The van der Waals surface area contributed by atoms with Crippen LogP contribution in [0.25, 0.3) is 11.0 Å². The number of hydrogen-bond acceptors (Lipinski definition) is 2. The first kappa shape index (κ1) is 14.3. The number of alkyl halides is 1. The van der Waals surface area contributed by atoms with Gasteiger partial charge in [-0.05, 0) is 25.1 Å². The van der Waals surface area contributed by atoms with E-state index >= 15 is 0 Å². The summed E-state index contributed by atoms with van der Waals surface area (Å²) in [5.74, 6) is 0.797. The molecular formula is C13H15BrClN3O. The van der Waals surface area contributed by atoms with E-state index in [1.807, 2.05) is 29.7 Å². The molecule has 1 aromatic heterocycles. The lowest BCUT2D eigenvalue weighted by Gasteiger charge is -2.09. The molecule has 1 amide bonds. The van der Waals surface area contributed by atoms with Crippen LogP contribution in [0, 0.1) is 0 Å². The Labute approximate surface area is 125 Å². The van der Waals surface area contributed by atoms with Crippen molar-refractivity contribution in [1.29, 1.82) is 0 Å². The minimum Gasteiger partial charge on any atom is -0.359 e. The number of fused-ring (bicyclic) bond motifs is 1. The second-order valence-corrected chi connectivity index (χ2v) is 5.86. The number of amides is 1. The Kier molecular flexibility index (Phi) is 4.47. The molecule has 4 nitrogen and oxygen atoms in total. The Morgan fingerprint density at radius 2 is 2.32 bits per heavy atom. The third kappa shape index (κ3) is 3.09. The Morgan fingerprint density at radius 3 is 2.95 bits per heavy atom. The topological polar surface area (TPSA) is 46.9 Å². The van der Waals surface area contributed by atoms with Crippen molar-refractivity contribution in [3.8, 4) is 0 Å². The van der Waals surface area contributed by atoms with Crippen LogP contribution in [0.4, 0.5) is 0 Å². The summed E-state index contributed by atoms with van der Waals surface area (Å²) in [6.45, 7) is 2.46. The fourth-order valence-electron chi connectivity index (χ4n) is 2.00. The molecule has 2 rings (SSSR count). The molecule has 1 heterocycles. The van der Waals surface area contributed by atoms with Gasteiger partial charge in [0.2, 0.25) is 5.91 Å². The molecule has 19 heavy (non-hydrogen) atoms. The number of carbonyl (C=O) groups is 1. The fraction of sp³-hybridized carbons (Fsp3) is 0.385. The number of carbonyl (C=O) groups excluding carboxylic acids is 1. The van der Waals surface area contributed by atoms with Crippen LogP contribution in [-0.2, 0) is 11.3 Å². The van der Waals surface area contributed by atoms with E-state index in [9.17, 15) is 4.79 Å². The molecular weight excluding hydrogens is 330 g/mol. The van der Waals surface area contributed by atoms with Gasteiger partial charge in [-0.1, -0.05) is 15.9 Å². The van der Waals surface area contributed by atoms with Crippen molar-refractivity contribution < 1.29 is 4.79 Å². The Bertz CT molecular complexity index is 609. The van der Waals surface area contributed by atoms with Gasteiger partial charge in [0.25, 0.3) is 0 Å². The monoisotopic (exact) mass is 343 g/mol. The van der Waals surface area contributed by atoms with Gasteiger partial charge in [-0.15, -0.1) is 11.6 Å². The summed E-state index contributed by atoms with van der Waals surface area (Å²) in [5.41, 5.74) is 1.88. The number of nitrogens with one attached hydrogen (secondary N) is 1. The second-order valence-electron chi connectivity index (χ2n) is 4.29. The smallest absolute Gasteiger partial charge is 0.221 e. The number of aromatic nitrogens is 2. The quantitative estimate of drug-likeness (QED) is 0.866. The van der Waals surface area contributed by atoms with Gasteiger partial charge in [-0.25, -0.2) is 4.98 Å². The van der Waals surface area contributed by atoms with Crippen LogP contribution in [0.15, 0.2) is 22.7 Å². The van der Waals surface area contributed by atoms with E-state index in [0.29, 0.717) is 13.0 Å². The fourth-order valence-corrected chi connectivity index (χ4v) is 2.51. The summed E-state index contributed by atoms with van der Waals surface area (Å²) < 4.78 is 2.99. The summed E-state index contributed by atoms with van der Waals surface area (Å²) in [6, 6.07) is 5.90. The average Bonchev–Trinajstić information content (AvgIpc) is 2.73. The summed E-state index contributed by atoms with van der Waals surface area (Å²) in [7, 11) is 1.64. The molecule has 6 heteroatoms. The van der Waals surface area contributed by atoms with E-state index < -0.39 is 0 Å². The molecule has 0 aliphatic heterocycles. The van der Waals surface area contributed by atoms with Crippen LogP contribution >= 0.6 is 27.5 Å². The van der Waals surface area contributed by atoms with E-state index in [-0.39, 0.29) is 11.3 Å². The molecule has 0 bridgehead atoms. The molecule has 1 aromatic carbocycles. The van der Waals surface area contributed by atoms with Crippen LogP contribution in [-0.4, -0.2) is 22.5 Å². The minimum atomic E-state index is -0.198. The summed E-state index contributed by atoms with van der Waals surface area (Å²) in [6.07, 6.45) is 0.411. The molecule has 1 unspecified atom stereocenters. The molecule has 0 aliphatic carbocycles. The van der Waals surface area contributed by atoms with Crippen LogP contribution in [0.1, 0.15) is 24.5 Å². The number of benzene rings is 1. The van der Waals surface area contributed by atoms with Crippen LogP contribution in [0.3, 0.4) is 0 Å². The third-order valence-electron chi connectivity index (χ3n) is 2.94. The molecule has 0 aliphatic rings. The van der Waals surface area contributed by atoms with Crippen molar-refractivity contribution in [1.82, 2.24) is 14.9 Å². The van der Waals surface area contributed by atoms with Crippen molar-refractivity contribution in [2.75, 3.05) is 7.05 Å². The normalized spacial score (nSPS) is 12.6. The van der Waals surface area contributed by atoms with Gasteiger partial charge >= 0.3 is 0 Å². The van der Waals surface area contributed by atoms with E-state index in [2.05, 4.69) is 26.2 Å². The second kappa shape index (κ2) is 5.92. The highest BCUT2D eigenvalue weighted by Crippen LogP contribution is 2.26. The van der Waals surface area contributed by atoms with Gasteiger partial charge in [0.15, 0.2) is 0 Å². The first-order valence-corrected chi connectivity index (χ1v) is 7.26. The number of halogens is 2. The molecule has 0 saturated carbocycles. The van der Waals surface area contributed by atoms with Crippen molar-refractivity contribution in [3.63, 3.8) is 0 Å². The molecule has 0 fully saturated rings. The maximum absolute atomic E-state index is 11.4. The van der Waals surface area contributed by atoms with E-state index in [4.69, 9.17) is 11.6 Å². The molecule has 0 spiro atoms. The SMILES string of the molecule is CNC(=O)CCn1c(C(C)Cl)nc2cc(Br)ccc21. The number of hydrogen-bond donors (Lipinski definition) is 1. The highest BCUT2D eigenvalue weighted by Gasteiger charge is 2.15. The highest BCUT2D eigenvalue weighted by molar-refractivity contribution is 9.10. The van der Waals surface area contributed by atoms with Crippen LogP contribution in [0.2, 0.25) is 0 Å². The van der Waals surface area contributed by atoms with Gasteiger partial charge in [0, 0.05) is 24.5 Å². The summed E-state index contributed by atoms with van der Waals surface area (Å²) in [4.78, 5) is 15.9. The third-order valence-corrected chi connectivity index (χ3v) is 3.63. The summed E-state index contributed by atoms with van der Waals surface area (Å²) in [5, 5.41) is 2.42. The van der Waals surface area contributed by atoms with Gasteiger partial charge in [0.05, 0.1) is 16.4 Å². The van der Waals surface area contributed by atoms with Crippen molar-refractivity contribution >= 4 is 44.5 Å². The predicted molar refractivity (Wildman–Crippen MR) is 80.4 cm³/mol. The average molecular weight is 345 g/mol. The van der Waals surface area contributed by atoms with Crippen LogP contribution < -0.4 is 5.32 Å². The minimum absolute atomic E-state index is 0.00661. The standard InChI is InChI=1S/C13H15BrClN3O/c1-8(15)13-17-10-7-9(14)3-4-11(10)18(13)6-5-12(19)16-2/h3-4,7-8H,5-6H2,1-2H3,(H,16,19). The maximum Gasteiger partial charge on any atom is 0.221 e. The maximum atomic E-state index is 11.4. The first-order valence-electron chi connectivity index (χ1n) is 6.03. The highest BCUT2D eigenvalue weighted by atomic mass is 79.9. The van der Waals surface area contributed by atoms with Crippen molar-refractivity contribution in [2.24, 2.45) is 0 Å². The van der Waals surface area contributed by atoms with E-state index in [0.717, 1.165) is 21.3 Å². The molecule has 1 N–H and O–H groups in total. The number of nitrogens with zero attached hydrogens (tertiary/aromatic N) is 2. The van der Waals surface area contributed by atoms with Crippen LogP contribution in [0.5, 0.6) is 0 Å². The van der Waals surface area contributed by atoms with Crippen molar-refractivity contribution in [2.45, 2.75) is 25.3 Å². The molecule has 2 aromatic rings. The van der Waals surface area contributed by atoms with Crippen molar-refractivity contribution in [3.05, 3.63) is 28.5 Å². The number of imidazole rings is 1. The lowest BCUT2D eigenvalue weighted by molar-refractivity contribution is -0.120. The lowest BCUT2D eigenvalue weighted by atomic mass is 10.3.